The van der Waals surface area contributed by atoms with Crippen LogP contribution in [0.15, 0.2) is 24.3 Å². The Balaban J connectivity index is 1.62. The van der Waals surface area contributed by atoms with Crippen molar-refractivity contribution in [2.24, 2.45) is 0 Å². The number of piperazine rings is 1. The highest BCUT2D eigenvalue weighted by Crippen LogP contribution is 2.41. The molecule has 0 radical (unpaired) electrons. The Hall–Kier alpha value is -4.28. The lowest BCUT2D eigenvalue weighted by atomic mass is 9.84. The summed E-state index contributed by atoms with van der Waals surface area (Å²) < 4.78 is 11.6. The van der Waals surface area contributed by atoms with Gasteiger partial charge in [-0.2, -0.15) is 0 Å². The third-order valence-electron chi connectivity index (χ3n) is 7.88. The van der Waals surface area contributed by atoms with Crippen LogP contribution in [0.1, 0.15) is 72.0 Å². The van der Waals surface area contributed by atoms with Crippen molar-refractivity contribution in [2.75, 3.05) is 64.9 Å². The summed E-state index contributed by atoms with van der Waals surface area (Å²) in [5.74, 6) is 0.971. The summed E-state index contributed by atoms with van der Waals surface area (Å²) in [5.41, 5.74) is 3.79. The van der Waals surface area contributed by atoms with Crippen molar-refractivity contribution in [1.82, 2.24) is 20.4 Å². The number of fused-ring (bicyclic) bond motifs is 1. The molecule has 2 aliphatic rings. The monoisotopic (exact) mass is 592 g/mol. The molecule has 0 atom stereocenters. The highest BCUT2D eigenvalue weighted by molar-refractivity contribution is 6.08. The molecular formula is C32H44N6O5. The normalized spacial score (nSPS) is 14.9. The summed E-state index contributed by atoms with van der Waals surface area (Å²) >= 11 is 0. The fraction of sp³-hybridized carbons (Fsp3) is 0.500. The van der Waals surface area contributed by atoms with Crippen LogP contribution in [0.3, 0.4) is 0 Å². The lowest BCUT2D eigenvalue weighted by molar-refractivity contribution is 0.0953. The molecule has 11 heteroatoms. The quantitative estimate of drug-likeness (QED) is 0.380. The Kier molecular flexibility index (Phi) is 9.52. The van der Waals surface area contributed by atoms with E-state index < -0.39 is 0 Å². The van der Waals surface area contributed by atoms with Crippen LogP contribution in [-0.4, -0.2) is 93.4 Å². The Morgan fingerprint density at radius 3 is 2.30 bits per heavy atom. The van der Waals surface area contributed by atoms with E-state index in [1.165, 1.54) is 0 Å². The lowest BCUT2D eigenvalue weighted by Gasteiger charge is -2.37. The molecule has 2 aromatic carbocycles. The maximum atomic E-state index is 13.9. The summed E-state index contributed by atoms with van der Waals surface area (Å²) in [5, 5.41) is 14.3. The zero-order valence-corrected chi connectivity index (χ0v) is 26.3. The second kappa shape index (κ2) is 12.9. The van der Waals surface area contributed by atoms with Gasteiger partial charge in [-0.15, -0.1) is 0 Å². The third kappa shape index (κ3) is 6.55. The van der Waals surface area contributed by atoms with Gasteiger partial charge in [-0.3, -0.25) is 15.0 Å². The van der Waals surface area contributed by atoms with Gasteiger partial charge >= 0.3 is 6.03 Å². The van der Waals surface area contributed by atoms with Crippen LogP contribution in [0.2, 0.25) is 0 Å². The van der Waals surface area contributed by atoms with Crippen molar-refractivity contribution < 1.29 is 23.9 Å². The molecule has 2 aromatic rings. The highest BCUT2D eigenvalue weighted by Gasteiger charge is 2.32. The first kappa shape index (κ1) is 31.7. The molecule has 0 bridgehead atoms. The maximum Gasteiger partial charge on any atom is 0.317 e. The van der Waals surface area contributed by atoms with Crippen molar-refractivity contribution in [3.63, 3.8) is 0 Å². The number of carbonyl (C=O) groups is 3. The van der Waals surface area contributed by atoms with Crippen LogP contribution in [0.5, 0.6) is 11.5 Å². The van der Waals surface area contributed by atoms with Gasteiger partial charge in [0.05, 0.1) is 31.5 Å². The first-order valence-electron chi connectivity index (χ1n) is 14.8. The number of anilines is 1. The summed E-state index contributed by atoms with van der Waals surface area (Å²) in [6.07, 6.45) is 0. The molecule has 0 saturated carbocycles. The van der Waals surface area contributed by atoms with Crippen molar-refractivity contribution >= 4 is 29.2 Å². The number of ether oxygens (including phenoxy) is 2. The zero-order valence-electron chi connectivity index (χ0n) is 26.3. The van der Waals surface area contributed by atoms with E-state index in [0.29, 0.717) is 68.3 Å². The number of rotatable bonds is 9. The molecule has 0 spiro atoms. The van der Waals surface area contributed by atoms with Crippen LogP contribution in [0, 0.1) is 5.41 Å². The summed E-state index contributed by atoms with van der Waals surface area (Å²) in [7, 11) is 3.20. The fourth-order valence-corrected chi connectivity index (χ4v) is 5.61. The molecule has 43 heavy (non-hydrogen) atoms. The maximum absolute atomic E-state index is 13.9. The van der Waals surface area contributed by atoms with E-state index in [0.717, 1.165) is 22.6 Å². The van der Waals surface area contributed by atoms with Gasteiger partial charge in [0.15, 0.2) is 5.78 Å². The molecule has 3 N–H and O–H groups in total. The number of hydrogen-bond acceptors (Lipinski definition) is 7. The fourth-order valence-electron chi connectivity index (χ4n) is 5.61. The number of amidine groups is 1. The molecule has 1 saturated heterocycles. The zero-order chi connectivity index (χ0) is 31.5. The van der Waals surface area contributed by atoms with Gasteiger partial charge in [0.25, 0.3) is 5.91 Å². The molecule has 0 aliphatic carbocycles. The minimum Gasteiger partial charge on any atom is -0.494 e. The van der Waals surface area contributed by atoms with Crippen LogP contribution in [-0.2, 0) is 12.0 Å². The van der Waals surface area contributed by atoms with E-state index in [1.807, 2.05) is 26.0 Å². The minimum absolute atomic E-state index is 0.00705. The second-order valence-corrected chi connectivity index (χ2v) is 11.8. The predicted molar refractivity (Wildman–Crippen MR) is 167 cm³/mol. The van der Waals surface area contributed by atoms with E-state index in [4.69, 9.17) is 14.9 Å². The van der Waals surface area contributed by atoms with Gasteiger partial charge < -0.3 is 34.8 Å². The van der Waals surface area contributed by atoms with E-state index in [1.54, 1.807) is 36.1 Å². The lowest BCUT2D eigenvalue weighted by Crippen LogP contribution is -2.52. The van der Waals surface area contributed by atoms with Gasteiger partial charge in [0.2, 0.25) is 0 Å². The van der Waals surface area contributed by atoms with Gasteiger partial charge in [-0.25, -0.2) is 4.79 Å². The SMILES string of the molecule is CCNC(=O)N1CCN(c2cc(C(=O)CN3Cc4cc(OCC)c(C(=O)NC)cc4C3=N)cc(C(C)(C)C)c2OC)CC1. The number of nitrogens with one attached hydrogen (secondary N) is 3. The topological polar surface area (TPSA) is 127 Å². The molecule has 4 rings (SSSR count). The first-order chi connectivity index (χ1) is 20.4. The van der Waals surface area contributed by atoms with Crippen molar-refractivity contribution in [2.45, 2.75) is 46.6 Å². The van der Waals surface area contributed by atoms with Crippen molar-refractivity contribution in [3.05, 3.63) is 52.1 Å². The first-order valence-corrected chi connectivity index (χ1v) is 14.8. The minimum atomic E-state index is -0.304. The molecule has 3 amide bonds. The average Bonchev–Trinajstić information content (AvgIpc) is 3.28. The summed E-state index contributed by atoms with van der Waals surface area (Å²) in [6, 6.07) is 7.18. The van der Waals surface area contributed by atoms with Crippen LogP contribution in [0.25, 0.3) is 0 Å². The third-order valence-corrected chi connectivity index (χ3v) is 7.88. The number of benzene rings is 2. The molecule has 0 unspecified atom stereocenters. The summed E-state index contributed by atoms with van der Waals surface area (Å²) in [4.78, 5) is 44.4. The molecule has 1 fully saturated rings. The molecule has 232 valence electrons. The number of urea groups is 1. The van der Waals surface area contributed by atoms with E-state index >= 15 is 0 Å². The van der Waals surface area contributed by atoms with Crippen molar-refractivity contribution in [1.29, 1.82) is 5.41 Å². The Labute approximate surface area is 254 Å². The predicted octanol–water partition coefficient (Wildman–Crippen LogP) is 3.63. The highest BCUT2D eigenvalue weighted by atomic mass is 16.5. The molecule has 2 heterocycles. The Bertz CT molecular complexity index is 1410. The Morgan fingerprint density at radius 1 is 1.02 bits per heavy atom. The van der Waals surface area contributed by atoms with Crippen LogP contribution < -0.4 is 25.0 Å². The molecule has 11 nitrogen and oxygen atoms in total. The number of hydrogen-bond donors (Lipinski definition) is 3. The smallest absolute Gasteiger partial charge is 0.317 e. The van der Waals surface area contributed by atoms with Crippen molar-refractivity contribution in [3.8, 4) is 11.5 Å². The van der Waals surface area contributed by atoms with E-state index in [2.05, 4.69) is 36.3 Å². The van der Waals surface area contributed by atoms with Gasteiger partial charge in [0.1, 0.15) is 17.3 Å². The standard InChI is InChI=1S/C32H44N6O5/c1-8-35-31(41)37-12-10-36(11-13-37)25-15-20(14-24(28(25)42-7)32(3,4)5)26(39)19-38-18-21-16-27(43-9-2)23(30(40)34-6)17-22(21)29(38)33/h14-17,33H,8-13,18-19H2,1-7H3,(H,34,40)(H,35,41). The number of amides is 3. The van der Waals surface area contributed by atoms with Crippen LogP contribution in [0.4, 0.5) is 10.5 Å². The van der Waals surface area contributed by atoms with Crippen LogP contribution >= 0.6 is 0 Å². The molecular weight excluding hydrogens is 548 g/mol. The molecule has 0 aromatic heterocycles. The average molecular weight is 593 g/mol. The van der Waals surface area contributed by atoms with Gasteiger partial charge in [-0.05, 0) is 49.1 Å². The summed E-state index contributed by atoms with van der Waals surface area (Å²) in [6.45, 7) is 13.7. The number of methoxy groups -OCH3 is 1. The van der Waals surface area contributed by atoms with Gasteiger partial charge in [-0.1, -0.05) is 20.8 Å². The molecule has 2 aliphatic heterocycles. The number of nitrogens with zero attached hydrogens (tertiary/aromatic N) is 3. The number of Topliss-reactive ketones (excluding diaryl/α,β-unsaturated/α-hetero) is 1. The van der Waals surface area contributed by atoms with E-state index in [9.17, 15) is 14.4 Å². The second-order valence-electron chi connectivity index (χ2n) is 11.8. The largest absolute Gasteiger partial charge is 0.494 e. The number of ketones is 1. The Morgan fingerprint density at radius 2 is 1.72 bits per heavy atom. The van der Waals surface area contributed by atoms with Gasteiger partial charge in [0, 0.05) is 63.0 Å². The number of carbonyl (C=O) groups excluding carboxylic acids is 3. The van der Waals surface area contributed by atoms with E-state index in [-0.39, 0.29) is 35.5 Å².